The highest BCUT2D eigenvalue weighted by Gasteiger charge is 2.28. The van der Waals surface area contributed by atoms with E-state index in [0.717, 1.165) is 5.56 Å². The Bertz CT molecular complexity index is 402. The van der Waals surface area contributed by atoms with Crippen LogP contribution < -0.4 is 5.32 Å². The Labute approximate surface area is 97.7 Å². The van der Waals surface area contributed by atoms with Gasteiger partial charge in [-0.25, -0.2) is 13.8 Å². The predicted molar refractivity (Wildman–Crippen MR) is 58.1 cm³/mol. The summed E-state index contributed by atoms with van der Waals surface area (Å²) in [6.07, 6.45) is 0. The summed E-state index contributed by atoms with van der Waals surface area (Å²) in [5, 5.41) is 10.4. The van der Waals surface area contributed by atoms with E-state index in [2.05, 4.69) is 4.98 Å². The molecule has 94 valence electrons. The van der Waals surface area contributed by atoms with E-state index in [0.29, 0.717) is 5.69 Å². The molecule has 0 atom stereocenters. The van der Waals surface area contributed by atoms with Gasteiger partial charge in [0.05, 0.1) is 6.54 Å². The van der Waals surface area contributed by atoms with Crippen LogP contribution in [0.1, 0.15) is 21.7 Å². The number of alkyl halides is 2. The first-order valence-corrected chi connectivity index (χ1v) is 5.06. The van der Waals surface area contributed by atoms with Crippen LogP contribution in [0, 0.1) is 13.8 Å². The Morgan fingerprint density at radius 2 is 2.12 bits per heavy atom. The molecule has 1 rings (SSSR count). The first kappa shape index (κ1) is 13.5. The molecule has 1 aromatic heterocycles. The molecule has 0 bridgehead atoms. The van der Waals surface area contributed by atoms with E-state index in [-0.39, 0.29) is 5.69 Å². The second kappa shape index (κ2) is 5.18. The summed E-state index contributed by atoms with van der Waals surface area (Å²) in [5.41, 5.74) is 1.57. The Balaban J connectivity index is 2.70. The molecule has 0 saturated carbocycles. The van der Waals surface area contributed by atoms with Crippen LogP contribution in [0.4, 0.5) is 8.78 Å². The summed E-state index contributed by atoms with van der Waals surface area (Å²) in [4.78, 5) is 15.5. The van der Waals surface area contributed by atoms with Crippen molar-refractivity contribution in [2.24, 2.45) is 0 Å². The molecule has 1 amide bonds. The SMILES string of the molecule is Cc1cc(C)nc(C(=O)NCC(F)(F)CO)c1. The van der Waals surface area contributed by atoms with Gasteiger partial charge in [0, 0.05) is 5.69 Å². The molecular weight excluding hydrogens is 230 g/mol. The third-order valence-electron chi connectivity index (χ3n) is 2.07. The van der Waals surface area contributed by atoms with Crippen molar-refractivity contribution in [1.82, 2.24) is 10.3 Å². The van der Waals surface area contributed by atoms with Gasteiger partial charge in [0.1, 0.15) is 12.3 Å². The van der Waals surface area contributed by atoms with Crippen LogP contribution in [0.15, 0.2) is 12.1 Å². The first-order chi connectivity index (χ1) is 7.84. The van der Waals surface area contributed by atoms with Gasteiger partial charge in [0.2, 0.25) is 0 Å². The van der Waals surface area contributed by atoms with E-state index < -0.39 is 25.0 Å². The summed E-state index contributed by atoms with van der Waals surface area (Å²) in [6, 6.07) is 3.29. The molecule has 0 spiro atoms. The van der Waals surface area contributed by atoms with Crippen molar-refractivity contribution in [3.63, 3.8) is 0 Å². The lowest BCUT2D eigenvalue weighted by Gasteiger charge is -2.13. The number of carbonyl (C=O) groups excluding carboxylic acids is 1. The van der Waals surface area contributed by atoms with Crippen LogP contribution >= 0.6 is 0 Å². The maximum Gasteiger partial charge on any atom is 0.287 e. The number of nitrogens with one attached hydrogen (secondary N) is 1. The lowest BCUT2D eigenvalue weighted by molar-refractivity contribution is -0.0462. The highest BCUT2D eigenvalue weighted by Crippen LogP contribution is 2.10. The van der Waals surface area contributed by atoms with Gasteiger partial charge >= 0.3 is 0 Å². The van der Waals surface area contributed by atoms with Crippen molar-refractivity contribution in [2.45, 2.75) is 19.8 Å². The zero-order valence-corrected chi connectivity index (χ0v) is 9.63. The molecular formula is C11H14F2N2O2. The van der Waals surface area contributed by atoms with Crippen molar-refractivity contribution in [3.05, 3.63) is 29.1 Å². The summed E-state index contributed by atoms with van der Waals surface area (Å²) in [7, 11) is 0. The minimum Gasteiger partial charge on any atom is -0.390 e. The number of aliphatic hydroxyl groups is 1. The first-order valence-electron chi connectivity index (χ1n) is 5.06. The third kappa shape index (κ3) is 4.07. The van der Waals surface area contributed by atoms with Gasteiger partial charge in [-0.15, -0.1) is 0 Å². The van der Waals surface area contributed by atoms with Crippen LogP contribution in [0.2, 0.25) is 0 Å². The molecule has 4 nitrogen and oxygen atoms in total. The van der Waals surface area contributed by atoms with Crippen LogP contribution in [-0.4, -0.2) is 35.1 Å². The number of nitrogens with zero attached hydrogens (tertiary/aromatic N) is 1. The monoisotopic (exact) mass is 244 g/mol. The summed E-state index contributed by atoms with van der Waals surface area (Å²) in [5.74, 6) is -3.99. The minimum absolute atomic E-state index is 0.0937. The normalized spacial score (nSPS) is 11.4. The molecule has 1 aromatic rings. The summed E-state index contributed by atoms with van der Waals surface area (Å²) in [6.45, 7) is 1.30. The molecule has 0 saturated heterocycles. The van der Waals surface area contributed by atoms with Gasteiger partial charge in [-0.3, -0.25) is 4.79 Å². The highest BCUT2D eigenvalue weighted by molar-refractivity contribution is 5.92. The molecule has 17 heavy (non-hydrogen) atoms. The van der Waals surface area contributed by atoms with Crippen LogP contribution in [-0.2, 0) is 0 Å². The highest BCUT2D eigenvalue weighted by atomic mass is 19.3. The number of aliphatic hydroxyl groups excluding tert-OH is 1. The van der Waals surface area contributed by atoms with Crippen molar-refractivity contribution < 1.29 is 18.7 Å². The topological polar surface area (TPSA) is 62.2 Å². The van der Waals surface area contributed by atoms with Crippen molar-refractivity contribution in [3.8, 4) is 0 Å². The zero-order valence-electron chi connectivity index (χ0n) is 9.63. The fraction of sp³-hybridized carbons (Fsp3) is 0.455. The Morgan fingerprint density at radius 3 is 2.65 bits per heavy atom. The molecule has 0 aromatic carbocycles. The molecule has 0 fully saturated rings. The third-order valence-corrected chi connectivity index (χ3v) is 2.07. The number of rotatable bonds is 4. The number of aromatic nitrogens is 1. The van der Waals surface area contributed by atoms with Gasteiger partial charge < -0.3 is 10.4 Å². The van der Waals surface area contributed by atoms with E-state index >= 15 is 0 Å². The van der Waals surface area contributed by atoms with Crippen LogP contribution in [0.5, 0.6) is 0 Å². The number of halogens is 2. The van der Waals surface area contributed by atoms with Crippen molar-refractivity contribution >= 4 is 5.91 Å². The fourth-order valence-electron chi connectivity index (χ4n) is 1.31. The van der Waals surface area contributed by atoms with E-state index in [4.69, 9.17) is 5.11 Å². The van der Waals surface area contributed by atoms with Gasteiger partial charge in [0.15, 0.2) is 0 Å². The summed E-state index contributed by atoms with van der Waals surface area (Å²) >= 11 is 0. The average molecular weight is 244 g/mol. The number of carbonyl (C=O) groups is 1. The zero-order chi connectivity index (χ0) is 13.1. The minimum atomic E-state index is -3.31. The van der Waals surface area contributed by atoms with Crippen molar-refractivity contribution in [2.75, 3.05) is 13.2 Å². The second-order valence-corrected chi connectivity index (χ2v) is 3.87. The maximum atomic E-state index is 12.7. The van der Waals surface area contributed by atoms with Crippen LogP contribution in [0.3, 0.4) is 0 Å². The number of hydrogen-bond acceptors (Lipinski definition) is 3. The molecule has 0 aliphatic rings. The number of amides is 1. The Kier molecular flexibility index (Phi) is 4.11. The molecule has 1 heterocycles. The van der Waals surface area contributed by atoms with E-state index in [1.807, 2.05) is 5.32 Å². The number of pyridine rings is 1. The largest absolute Gasteiger partial charge is 0.390 e. The second-order valence-electron chi connectivity index (χ2n) is 3.87. The molecule has 0 aliphatic carbocycles. The van der Waals surface area contributed by atoms with E-state index in [9.17, 15) is 13.6 Å². The predicted octanol–water partition coefficient (Wildman–Crippen LogP) is 1.06. The molecule has 0 aliphatic heterocycles. The van der Waals surface area contributed by atoms with Crippen LogP contribution in [0.25, 0.3) is 0 Å². The van der Waals surface area contributed by atoms with Gasteiger partial charge in [0.25, 0.3) is 11.8 Å². The fourth-order valence-corrected chi connectivity index (χ4v) is 1.31. The Hall–Kier alpha value is -1.56. The lowest BCUT2D eigenvalue weighted by atomic mass is 10.2. The Morgan fingerprint density at radius 1 is 1.47 bits per heavy atom. The molecule has 2 N–H and O–H groups in total. The van der Waals surface area contributed by atoms with Gasteiger partial charge in [-0.2, -0.15) is 0 Å². The van der Waals surface area contributed by atoms with Gasteiger partial charge in [-0.05, 0) is 31.5 Å². The maximum absolute atomic E-state index is 12.7. The average Bonchev–Trinajstić information content (AvgIpc) is 2.24. The molecule has 6 heteroatoms. The quantitative estimate of drug-likeness (QED) is 0.832. The lowest BCUT2D eigenvalue weighted by Crippen LogP contribution is -2.39. The van der Waals surface area contributed by atoms with Crippen molar-refractivity contribution in [1.29, 1.82) is 0 Å². The van der Waals surface area contributed by atoms with Gasteiger partial charge in [-0.1, -0.05) is 0 Å². The molecule has 0 radical (unpaired) electrons. The standard InChI is InChI=1S/C11H14F2N2O2/c1-7-3-8(2)15-9(4-7)10(17)14-5-11(12,13)6-16/h3-4,16H,5-6H2,1-2H3,(H,14,17). The smallest absolute Gasteiger partial charge is 0.287 e. The van der Waals surface area contributed by atoms with E-state index in [1.54, 1.807) is 19.9 Å². The summed E-state index contributed by atoms with van der Waals surface area (Å²) < 4.78 is 25.4. The number of aryl methyl sites for hydroxylation is 2. The van der Waals surface area contributed by atoms with E-state index in [1.165, 1.54) is 6.07 Å². The molecule has 0 unspecified atom stereocenters. The number of hydrogen-bond donors (Lipinski definition) is 2.